The maximum atomic E-state index is 12.7. The molecule has 0 spiro atoms. The number of rotatable bonds is 6. The zero-order valence-electron chi connectivity index (χ0n) is 17.0. The lowest BCUT2D eigenvalue weighted by Crippen LogP contribution is -2.23. The van der Waals surface area contributed by atoms with Crippen LogP contribution in [0.15, 0.2) is 52.4 Å². The Morgan fingerprint density at radius 1 is 1.17 bits per heavy atom. The average Bonchev–Trinajstić information content (AvgIpc) is 3.04. The molecule has 0 bridgehead atoms. The molecule has 1 aromatic heterocycles. The van der Waals surface area contributed by atoms with E-state index in [9.17, 15) is 9.59 Å². The van der Waals surface area contributed by atoms with E-state index in [1.807, 2.05) is 30.5 Å². The number of hydrogen-bond donors (Lipinski definition) is 0. The molecule has 0 aliphatic carbocycles. The number of aromatic nitrogens is 1. The summed E-state index contributed by atoms with van der Waals surface area (Å²) in [7, 11) is 0. The van der Waals surface area contributed by atoms with Crippen molar-refractivity contribution in [3.63, 3.8) is 0 Å². The molecule has 0 atom stereocenters. The Labute approximate surface area is 178 Å². The van der Waals surface area contributed by atoms with Crippen molar-refractivity contribution < 1.29 is 14.3 Å². The van der Waals surface area contributed by atoms with Gasteiger partial charge in [-0.15, -0.1) is 11.8 Å². The van der Waals surface area contributed by atoms with Gasteiger partial charge in [0.1, 0.15) is 6.54 Å². The van der Waals surface area contributed by atoms with E-state index in [0.29, 0.717) is 22.9 Å². The minimum Gasteiger partial charge on any atom is -0.465 e. The van der Waals surface area contributed by atoms with Gasteiger partial charge in [0.2, 0.25) is 0 Å². The lowest BCUT2D eigenvalue weighted by molar-refractivity contribution is -0.143. The van der Waals surface area contributed by atoms with Crippen molar-refractivity contribution in [1.82, 2.24) is 4.57 Å². The van der Waals surface area contributed by atoms with E-state index in [1.54, 1.807) is 35.4 Å². The van der Waals surface area contributed by atoms with E-state index >= 15 is 0 Å². The molecule has 3 aromatic rings. The van der Waals surface area contributed by atoms with E-state index in [1.165, 1.54) is 16.9 Å². The van der Waals surface area contributed by atoms with Crippen LogP contribution in [-0.2, 0) is 16.1 Å². The van der Waals surface area contributed by atoms with Crippen LogP contribution in [0, 0.1) is 0 Å². The highest BCUT2D eigenvalue weighted by Gasteiger charge is 2.14. The van der Waals surface area contributed by atoms with Gasteiger partial charge in [0, 0.05) is 10.5 Å². The van der Waals surface area contributed by atoms with E-state index in [4.69, 9.17) is 4.74 Å². The third-order valence-corrected chi connectivity index (χ3v) is 6.28. The summed E-state index contributed by atoms with van der Waals surface area (Å²) in [6, 6.07) is 13.5. The SMILES string of the molecule is CCOC(=O)Cn1c(=NC(=O)c2ccc(SC)cc2)sc2cc(C(C)C)ccc21. The molecule has 5 nitrogen and oxygen atoms in total. The normalized spacial score (nSPS) is 12.0. The second-order valence-corrected chi connectivity index (χ2v) is 8.69. The van der Waals surface area contributed by atoms with Crippen LogP contribution in [0.25, 0.3) is 10.2 Å². The van der Waals surface area contributed by atoms with Gasteiger partial charge >= 0.3 is 5.97 Å². The number of fused-ring (bicyclic) bond motifs is 1. The molecule has 7 heteroatoms. The number of hydrogen-bond acceptors (Lipinski definition) is 5. The van der Waals surface area contributed by atoms with Crippen molar-refractivity contribution in [3.8, 4) is 0 Å². The summed E-state index contributed by atoms with van der Waals surface area (Å²) in [6.07, 6.45) is 1.99. The first-order valence-electron chi connectivity index (χ1n) is 9.45. The Hall–Kier alpha value is -2.38. The molecule has 1 amide bonds. The Morgan fingerprint density at radius 2 is 1.90 bits per heavy atom. The fraction of sp³-hybridized carbons (Fsp3) is 0.318. The third kappa shape index (κ3) is 4.97. The number of carbonyl (C=O) groups excluding carboxylic acids is 2. The first-order valence-corrected chi connectivity index (χ1v) is 11.5. The molecule has 2 aromatic carbocycles. The van der Waals surface area contributed by atoms with Gasteiger partial charge in [0.05, 0.1) is 16.8 Å². The predicted octanol–water partition coefficient (Wildman–Crippen LogP) is 4.85. The van der Waals surface area contributed by atoms with Crippen molar-refractivity contribution in [2.45, 2.75) is 38.1 Å². The smallest absolute Gasteiger partial charge is 0.326 e. The van der Waals surface area contributed by atoms with Gasteiger partial charge < -0.3 is 9.30 Å². The second-order valence-electron chi connectivity index (χ2n) is 6.80. The van der Waals surface area contributed by atoms with Gasteiger partial charge in [-0.05, 0) is 61.1 Å². The number of thioether (sulfide) groups is 1. The van der Waals surface area contributed by atoms with Crippen molar-refractivity contribution in [1.29, 1.82) is 0 Å². The lowest BCUT2D eigenvalue weighted by atomic mass is 10.0. The maximum Gasteiger partial charge on any atom is 0.326 e. The number of esters is 1. The molecule has 0 unspecified atom stereocenters. The maximum absolute atomic E-state index is 12.7. The zero-order chi connectivity index (χ0) is 21.0. The van der Waals surface area contributed by atoms with Gasteiger partial charge in [-0.3, -0.25) is 9.59 Å². The third-order valence-electron chi connectivity index (χ3n) is 4.50. The molecule has 0 aliphatic heterocycles. The molecule has 0 radical (unpaired) electrons. The van der Waals surface area contributed by atoms with Crippen LogP contribution in [-0.4, -0.2) is 29.3 Å². The summed E-state index contributed by atoms with van der Waals surface area (Å²) in [5.41, 5.74) is 2.59. The van der Waals surface area contributed by atoms with E-state index in [0.717, 1.165) is 15.1 Å². The molecule has 0 saturated carbocycles. The summed E-state index contributed by atoms with van der Waals surface area (Å²) in [6.45, 7) is 6.37. The van der Waals surface area contributed by atoms with E-state index in [2.05, 4.69) is 24.9 Å². The van der Waals surface area contributed by atoms with Crippen LogP contribution >= 0.6 is 23.1 Å². The quantitative estimate of drug-likeness (QED) is 0.416. The Kier molecular flexibility index (Phi) is 6.92. The van der Waals surface area contributed by atoms with Gasteiger partial charge in [-0.2, -0.15) is 4.99 Å². The number of thiazole rings is 1. The summed E-state index contributed by atoms with van der Waals surface area (Å²) in [4.78, 5) is 30.8. The average molecular weight is 429 g/mol. The van der Waals surface area contributed by atoms with Crippen LogP contribution in [0.3, 0.4) is 0 Å². The Bertz CT molecular complexity index is 1100. The van der Waals surface area contributed by atoms with Gasteiger partial charge in [-0.1, -0.05) is 31.3 Å². The molecule has 152 valence electrons. The highest BCUT2D eigenvalue weighted by Crippen LogP contribution is 2.24. The molecule has 1 heterocycles. The fourth-order valence-corrected chi connectivity index (χ4v) is 4.39. The van der Waals surface area contributed by atoms with Crippen molar-refractivity contribution in [2.75, 3.05) is 12.9 Å². The number of ether oxygens (including phenoxy) is 1. The van der Waals surface area contributed by atoms with Crippen LogP contribution in [0.2, 0.25) is 0 Å². The van der Waals surface area contributed by atoms with Gasteiger partial charge in [-0.25, -0.2) is 0 Å². The molecular weight excluding hydrogens is 404 g/mol. The number of carbonyl (C=O) groups is 2. The predicted molar refractivity (Wildman–Crippen MR) is 119 cm³/mol. The minimum absolute atomic E-state index is 0.0202. The minimum atomic E-state index is -0.349. The van der Waals surface area contributed by atoms with Crippen molar-refractivity contribution >= 4 is 45.2 Å². The first kappa shape index (κ1) is 21.3. The highest BCUT2D eigenvalue weighted by molar-refractivity contribution is 7.98. The fourth-order valence-electron chi connectivity index (χ4n) is 2.91. The summed E-state index contributed by atoms with van der Waals surface area (Å²) in [5.74, 6) is -0.291. The molecule has 3 rings (SSSR count). The van der Waals surface area contributed by atoms with Crippen molar-refractivity contribution in [2.24, 2.45) is 4.99 Å². The van der Waals surface area contributed by atoms with E-state index < -0.39 is 0 Å². The molecular formula is C22H24N2O3S2. The standard InChI is InChI=1S/C22H24N2O3S2/c1-5-27-20(25)13-24-18-11-8-16(14(2)3)12-19(18)29-22(24)23-21(26)15-6-9-17(28-4)10-7-15/h6-12,14H,5,13H2,1-4H3. The number of amides is 1. The Morgan fingerprint density at radius 3 is 2.52 bits per heavy atom. The Balaban J connectivity index is 2.08. The largest absolute Gasteiger partial charge is 0.465 e. The van der Waals surface area contributed by atoms with Crippen LogP contribution < -0.4 is 4.80 Å². The number of nitrogens with zero attached hydrogens (tertiary/aromatic N) is 2. The van der Waals surface area contributed by atoms with Gasteiger partial charge in [0.25, 0.3) is 5.91 Å². The molecule has 29 heavy (non-hydrogen) atoms. The first-order chi connectivity index (χ1) is 13.9. The second kappa shape index (κ2) is 9.41. The van der Waals surface area contributed by atoms with Crippen LogP contribution in [0.5, 0.6) is 0 Å². The zero-order valence-corrected chi connectivity index (χ0v) is 18.6. The topological polar surface area (TPSA) is 60.7 Å². The van der Waals surface area contributed by atoms with Gasteiger partial charge in [0.15, 0.2) is 4.80 Å². The molecule has 0 fully saturated rings. The van der Waals surface area contributed by atoms with Crippen LogP contribution in [0.1, 0.15) is 42.6 Å². The van der Waals surface area contributed by atoms with E-state index in [-0.39, 0.29) is 18.4 Å². The lowest BCUT2D eigenvalue weighted by Gasteiger charge is -2.07. The monoisotopic (exact) mass is 428 g/mol. The molecule has 0 N–H and O–H groups in total. The summed E-state index contributed by atoms with van der Waals surface area (Å²) in [5, 5.41) is 0. The van der Waals surface area contributed by atoms with Crippen molar-refractivity contribution in [3.05, 3.63) is 58.4 Å². The highest BCUT2D eigenvalue weighted by atomic mass is 32.2. The summed E-state index contributed by atoms with van der Waals surface area (Å²) < 4.78 is 7.86. The molecule has 0 saturated heterocycles. The summed E-state index contributed by atoms with van der Waals surface area (Å²) >= 11 is 3.03. The number of benzene rings is 2. The molecule has 0 aliphatic rings. The van der Waals surface area contributed by atoms with Crippen LogP contribution in [0.4, 0.5) is 0 Å².